The molecule has 2 saturated heterocycles. The molecule has 1 saturated carbocycles. The summed E-state index contributed by atoms with van der Waals surface area (Å²) in [5, 5.41) is 3.27. The minimum Gasteiger partial charge on any atom is -0.465 e. The minimum atomic E-state index is -0.451. The monoisotopic (exact) mass is 295 g/mol. The van der Waals surface area contributed by atoms with Gasteiger partial charge in [0.15, 0.2) is 0 Å². The zero-order valence-corrected chi connectivity index (χ0v) is 13.4. The number of rotatable bonds is 4. The van der Waals surface area contributed by atoms with Crippen molar-refractivity contribution in [3.63, 3.8) is 0 Å². The fourth-order valence-corrected chi connectivity index (χ4v) is 4.46. The molecule has 21 heavy (non-hydrogen) atoms. The number of likely N-dealkylation sites (N-methyl/N-ethyl adjacent to an activating group) is 1. The number of fused-ring (bicyclic) bond motifs is 1. The van der Waals surface area contributed by atoms with E-state index in [1.54, 1.807) is 0 Å². The summed E-state index contributed by atoms with van der Waals surface area (Å²) in [4.78, 5) is 17.6. The zero-order valence-electron chi connectivity index (χ0n) is 13.4. The molecule has 0 aromatic carbocycles. The van der Waals surface area contributed by atoms with Gasteiger partial charge in [-0.1, -0.05) is 0 Å². The fourth-order valence-electron chi connectivity index (χ4n) is 4.46. The molecule has 1 aliphatic carbocycles. The van der Waals surface area contributed by atoms with Crippen LogP contribution >= 0.6 is 0 Å². The van der Waals surface area contributed by atoms with Gasteiger partial charge in [-0.25, -0.2) is 0 Å². The molecule has 5 nitrogen and oxygen atoms in total. The Balaban J connectivity index is 1.62. The molecule has 3 rings (SSSR count). The maximum atomic E-state index is 12.3. The van der Waals surface area contributed by atoms with Gasteiger partial charge in [0, 0.05) is 31.7 Å². The second-order valence-corrected chi connectivity index (χ2v) is 6.78. The van der Waals surface area contributed by atoms with Crippen LogP contribution in [0.1, 0.15) is 39.0 Å². The Kier molecular flexibility index (Phi) is 4.52. The molecule has 0 radical (unpaired) electrons. The smallest absolute Gasteiger partial charge is 0.326 e. The molecule has 3 unspecified atom stereocenters. The van der Waals surface area contributed by atoms with Crippen LogP contribution in [0.4, 0.5) is 0 Å². The van der Waals surface area contributed by atoms with Crippen LogP contribution in [0.25, 0.3) is 0 Å². The molecule has 3 aliphatic rings. The van der Waals surface area contributed by atoms with Crippen molar-refractivity contribution in [2.75, 3.05) is 39.8 Å². The summed E-state index contributed by atoms with van der Waals surface area (Å²) >= 11 is 0. The first-order valence-corrected chi connectivity index (χ1v) is 8.53. The van der Waals surface area contributed by atoms with Crippen molar-refractivity contribution in [2.45, 2.75) is 56.7 Å². The summed E-state index contributed by atoms with van der Waals surface area (Å²) in [5.74, 6) is -0.0606. The molecule has 3 atom stereocenters. The molecule has 2 aliphatic heterocycles. The van der Waals surface area contributed by atoms with Crippen LogP contribution in [0, 0.1) is 0 Å². The van der Waals surface area contributed by atoms with E-state index in [0.717, 1.165) is 31.8 Å². The van der Waals surface area contributed by atoms with Gasteiger partial charge in [0.1, 0.15) is 5.54 Å². The molecular formula is C16H29N3O2. The second-order valence-electron chi connectivity index (χ2n) is 6.78. The quantitative estimate of drug-likeness (QED) is 0.779. The summed E-state index contributed by atoms with van der Waals surface area (Å²) in [7, 11) is 1.90. The van der Waals surface area contributed by atoms with E-state index in [4.69, 9.17) is 4.74 Å². The molecular weight excluding hydrogens is 266 g/mol. The van der Waals surface area contributed by atoms with Crippen LogP contribution in [-0.4, -0.2) is 73.2 Å². The third-order valence-electron chi connectivity index (χ3n) is 5.77. The van der Waals surface area contributed by atoms with Crippen LogP contribution in [0.15, 0.2) is 0 Å². The average Bonchev–Trinajstić information content (AvgIpc) is 3.14. The van der Waals surface area contributed by atoms with Gasteiger partial charge in [0.05, 0.1) is 6.61 Å². The molecule has 3 fully saturated rings. The second kappa shape index (κ2) is 6.23. The molecule has 0 amide bonds. The lowest BCUT2D eigenvalue weighted by atomic mass is 9.97. The van der Waals surface area contributed by atoms with Crippen LogP contribution in [0.3, 0.4) is 0 Å². The van der Waals surface area contributed by atoms with Crippen molar-refractivity contribution in [3.8, 4) is 0 Å². The first-order valence-electron chi connectivity index (χ1n) is 8.53. The third kappa shape index (κ3) is 2.83. The Hall–Kier alpha value is -0.650. The predicted octanol–water partition coefficient (Wildman–Crippen LogP) is 0.840. The van der Waals surface area contributed by atoms with E-state index >= 15 is 0 Å². The molecule has 1 N–H and O–H groups in total. The van der Waals surface area contributed by atoms with E-state index in [1.807, 2.05) is 14.0 Å². The highest BCUT2D eigenvalue weighted by molar-refractivity contribution is 5.81. The summed E-state index contributed by atoms with van der Waals surface area (Å²) in [6.07, 6.45) is 5.60. The number of hydrogen-bond acceptors (Lipinski definition) is 5. The molecule has 0 spiro atoms. The van der Waals surface area contributed by atoms with Gasteiger partial charge in [-0.05, 0) is 52.6 Å². The summed E-state index contributed by atoms with van der Waals surface area (Å²) in [5.41, 5.74) is -0.451. The largest absolute Gasteiger partial charge is 0.465 e. The molecule has 0 bridgehead atoms. The number of esters is 1. The van der Waals surface area contributed by atoms with Gasteiger partial charge in [-0.2, -0.15) is 0 Å². The highest BCUT2D eigenvalue weighted by atomic mass is 16.5. The lowest BCUT2D eigenvalue weighted by Gasteiger charge is -2.41. The Bertz CT molecular complexity index is 390. The highest BCUT2D eigenvalue weighted by Gasteiger charge is 2.48. The summed E-state index contributed by atoms with van der Waals surface area (Å²) < 4.78 is 5.30. The molecule has 5 heteroatoms. The first kappa shape index (κ1) is 15.3. The minimum absolute atomic E-state index is 0.0606. The van der Waals surface area contributed by atoms with Gasteiger partial charge >= 0.3 is 5.97 Å². The van der Waals surface area contributed by atoms with Gasteiger partial charge < -0.3 is 10.1 Å². The number of carbonyl (C=O) groups is 1. The predicted molar refractivity (Wildman–Crippen MR) is 82.2 cm³/mol. The normalized spacial score (nSPS) is 37.6. The standard InChI is InChI=1S/C16H29N3O2/c1-3-21-15(20)16(17-2)7-6-13(11-16)19-10-9-18-8-4-5-14(18)12-19/h13-14,17H,3-12H2,1-2H3. The fraction of sp³-hybridized carbons (Fsp3) is 0.938. The number of carbonyl (C=O) groups excluding carboxylic acids is 1. The third-order valence-corrected chi connectivity index (χ3v) is 5.77. The summed E-state index contributed by atoms with van der Waals surface area (Å²) in [6, 6.07) is 1.29. The van der Waals surface area contributed by atoms with E-state index in [1.165, 1.54) is 32.5 Å². The lowest BCUT2D eigenvalue weighted by molar-refractivity contribution is -0.151. The van der Waals surface area contributed by atoms with E-state index in [9.17, 15) is 4.79 Å². The van der Waals surface area contributed by atoms with Crippen LogP contribution < -0.4 is 5.32 Å². The average molecular weight is 295 g/mol. The van der Waals surface area contributed by atoms with Gasteiger partial charge in [-0.15, -0.1) is 0 Å². The van der Waals surface area contributed by atoms with Gasteiger partial charge in [-0.3, -0.25) is 14.6 Å². The maximum absolute atomic E-state index is 12.3. The molecule has 0 aromatic rings. The number of nitrogens with zero attached hydrogens (tertiary/aromatic N) is 2. The number of nitrogens with one attached hydrogen (secondary N) is 1. The maximum Gasteiger partial charge on any atom is 0.326 e. The SMILES string of the molecule is CCOC(=O)C1(NC)CCC(N2CCN3CCCC3C2)C1. The molecule has 2 heterocycles. The van der Waals surface area contributed by atoms with Crippen LogP contribution in [0.5, 0.6) is 0 Å². The number of ether oxygens (including phenoxy) is 1. The van der Waals surface area contributed by atoms with Crippen molar-refractivity contribution in [1.82, 2.24) is 15.1 Å². The Labute approximate surface area is 128 Å². The van der Waals surface area contributed by atoms with E-state index in [0.29, 0.717) is 12.6 Å². The molecule has 0 aromatic heterocycles. The van der Waals surface area contributed by atoms with Crippen molar-refractivity contribution in [1.29, 1.82) is 0 Å². The van der Waals surface area contributed by atoms with Crippen molar-refractivity contribution in [2.24, 2.45) is 0 Å². The Morgan fingerprint density at radius 1 is 1.24 bits per heavy atom. The topological polar surface area (TPSA) is 44.8 Å². The van der Waals surface area contributed by atoms with Crippen molar-refractivity contribution in [3.05, 3.63) is 0 Å². The Morgan fingerprint density at radius 3 is 2.81 bits per heavy atom. The summed E-state index contributed by atoms with van der Waals surface area (Å²) in [6.45, 7) is 7.18. The number of hydrogen-bond donors (Lipinski definition) is 1. The highest BCUT2D eigenvalue weighted by Crippen LogP contribution is 2.35. The van der Waals surface area contributed by atoms with Crippen LogP contribution in [-0.2, 0) is 9.53 Å². The Morgan fingerprint density at radius 2 is 2.05 bits per heavy atom. The van der Waals surface area contributed by atoms with Crippen molar-refractivity contribution >= 4 is 5.97 Å². The lowest BCUT2D eigenvalue weighted by Crippen LogP contribution is -2.55. The van der Waals surface area contributed by atoms with Gasteiger partial charge in [0.25, 0.3) is 0 Å². The van der Waals surface area contributed by atoms with Crippen LogP contribution in [0.2, 0.25) is 0 Å². The van der Waals surface area contributed by atoms with E-state index < -0.39 is 5.54 Å². The van der Waals surface area contributed by atoms with Gasteiger partial charge in [0.2, 0.25) is 0 Å². The number of piperazine rings is 1. The van der Waals surface area contributed by atoms with E-state index in [-0.39, 0.29) is 5.97 Å². The zero-order chi connectivity index (χ0) is 14.9. The van der Waals surface area contributed by atoms with E-state index in [2.05, 4.69) is 15.1 Å². The molecule has 120 valence electrons. The van der Waals surface area contributed by atoms with Crippen molar-refractivity contribution < 1.29 is 9.53 Å². The first-order chi connectivity index (χ1) is 10.2.